The number of ether oxygens (including phenoxy) is 1. The van der Waals surface area contributed by atoms with E-state index in [0.717, 1.165) is 10.4 Å². The molecule has 11 nitrogen and oxygen atoms in total. The minimum atomic E-state index is -4.55. The lowest BCUT2D eigenvalue weighted by atomic mass is 10.1. The first-order valence-corrected chi connectivity index (χ1v) is 16.4. The molecule has 3 aromatic carbocycles. The summed E-state index contributed by atoms with van der Waals surface area (Å²) in [4.78, 5) is 39.6. The van der Waals surface area contributed by atoms with Crippen molar-refractivity contribution in [2.45, 2.75) is 64.1 Å². The Labute approximate surface area is 273 Å². The fourth-order valence-electron chi connectivity index (χ4n) is 4.57. The predicted molar refractivity (Wildman–Crippen MR) is 174 cm³/mol. The van der Waals surface area contributed by atoms with Gasteiger partial charge in [0.05, 0.1) is 22.6 Å². The number of nitrogens with zero attached hydrogens (tertiary/aromatic N) is 3. The van der Waals surface area contributed by atoms with Crippen molar-refractivity contribution in [3.63, 3.8) is 0 Å². The number of hydrogen-bond acceptors (Lipinski definition) is 7. The summed E-state index contributed by atoms with van der Waals surface area (Å²) in [6.45, 7) is 6.04. The Morgan fingerprint density at radius 3 is 2.18 bits per heavy atom. The standard InChI is InChI=1S/C31H36Cl2N4O7S/c1-6-21(4)34-31(39)28(7-2)35(18-25-26(32)9-8-10-27(25)33)30(38)19-36(22-12-14-23(44-5)15-13-22)45(42,43)24-16-11-20(3)29(17-24)37(40)41/h8-17,21,28H,6-7,18-19H2,1-5H3,(H,34,39)/t21-,28-/m0/s1. The van der Waals surface area contributed by atoms with Crippen LogP contribution in [0.1, 0.15) is 44.7 Å². The summed E-state index contributed by atoms with van der Waals surface area (Å²) in [5.41, 5.74) is 0.365. The zero-order valence-corrected chi connectivity index (χ0v) is 27.9. The van der Waals surface area contributed by atoms with Crippen LogP contribution in [0.4, 0.5) is 11.4 Å². The molecule has 3 rings (SSSR count). The van der Waals surface area contributed by atoms with Crippen molar-refractivity contribution in [2.75, 3.05) is 18.0 Å². The third kappa shape index (κ3) is 8.44. The van der Waals surface area contributed by atoms with E-state index in [0.29, 0.717) is 17.7 Å². The van der Waals surface area contributed by atoms with Gasteiger partial charge >= 0.3 is 0 Å². The minimum absolute atomic E-state index is 0.0974. The summed E-state index contributed by atoms with van der Waals surface area (Å²) in [6.07, 6.45) is 0.855. The largest absolute Gasteiger partial charge is 0.497 e. The topological polar surface area (TPSA) is 139 Å². The van der Waals surface area contributed by atoms with Crippen molar-refractivity contribution in [3.05, 3.63) is 92.0 Å². The number of benzene rings is 3. The van der Waals surface area contributed by atoms with Crippen LogP contribution in [0.25, 0.3) is 0 Å². The number of methoxy groups -OCH3 is 1. The Kier molecular flexibility index (Phi) is 12.2. The molecule has 3 aromatic rings. The highest BCUT2D eigenvalue weighted by molar-refractivity contribution is 7.92. The van der Waals surface area contributed by atoms with Gasteiger partial charge < -0.3 is 15.0 Å². The van der Waals surface area contributed by atoms with Gasteiger partial charge in [-0.25, -0.2) is 8.42 Å². The number of nitro benzene ring substituents is 1. The molecule has 242 valence electrons. The van der Waals surface area contributed by atoms with Gasteiger partial charge in [-0.05, 0) is 69.2 Å². The van der Waals surface area contributed by atoms with Crippen LogP contribution in [-0.2, 0) is 26.2 Å². The van der Waals surface area contributed by atoms with E-state index >= 15 is 0 Å². The van der Waals surface area contributed by atoms with Crippen LogP contribution in [0.15, 0.2) is 65.6 Å². The second kappa shape index (κ2) is 15.4. The average Bonchev–Trinajstić information content (AvgIpc) is 3.00. The molecule has 45 heavy (non-hydrogen) atoms. The molecule has 0 aliphatic rings. The van der Waals surface area contributed by atoms with Gasteiger partial charge in [0.25, 0.3) is 15.7 Å². The van der Waals surface area contributed by atoms with Gasteiger partial charge in [-0.15, -0.1) is 0 Å². The Morgan fingerprint density at radius 1 is 1.02 bits per heavy atom. The zero-order chi connectivity index (χ0) is 33.5. The van der Waals surface area contributed by atoms with Crippen molar-refractivity contribution in [3.8, 4) is 5.75 Å². The first kappa shape index (κ1) is 35.6. The zero-order valence-electron chi connectivity index (χ0n) is 25.6. The van der Waals surface area contributed by atoms with Crippen LogP contribution < -0.4 is 14.4 Å². The first-order chi connectivity index (χ1) is 21.2. The SMILES string of the molecule is CC[C@H](C)NC(=O)[C@H](CC)N(Cc1c(Cl)cccc1Cl)C(=O)CN(c1ccc(OC)cc1)S(=O)(=O)c1ccc(C)c([N+](=O)[O-])c1. The van der Waals surface area contributed by atoms with Crippen molar-refractivity contribution in [1.29, 1.82) is 0 Å². The van der Waals surface area contributed by atoms with Crippen LogP contribution in [0.3, 0.4) is 0 Å². The number of hydrogen-bond donors (Lipinski definition) is 1. The van der Waals surface area contributed by atoms with Gasteiger partial charge in [0, 0.05) is 39.8 Å². The minimum Gasteiger partial charge on any atom is -0.497 e. The van der Waals surface area contributed by atoms with Crippen LogP contribution in [0.5, 0.6) is 5.75 Å². The predicted octanol–water partition coefficient (Wildman–Crippen LogP) is 6.14. The molecule has 0 saturated heterocycles. The molecule has 0 saturated carbocycles. The van der Waals surface area contributed by atoms with Crippen molar-refractivity contribution >= 4 is 56.4 Å². The molecule has 2 atom stereocenters. The van der Waals surface area contributed by atoms with Crippen molar-refractivity contribution < 1.29 is 27.7 Å². The number of halogens is 2. The number of rotatable bonds is 14. The molecular weight excluding hydrogens is 643 g/mol. The number of sulfonamides is 1. The molecule has 0 spiro atoms. The van der Waals surface area contributed by atoms with Crippen LogP contribution in [0.2, 0.25) is 10.0 Å². The fourth-order valence-corrected chi connectivity index (χ4v) is 6.52. The quantitative estimate of drug-likeness (QED) is 0.160. The molecule has 0 fully saturated rings. The van der Waals surface area contributed by atoms with E-state index in [1.165, 1.54) is 55.3 Å². The molecule has 0 bridgehead atoms. The average molecular weight is 680 g/mol. The van der Waals surface area contributed by atoms with Gasteiger partial charge in [-0.3, -0.25) is 24.0 Å². The van der Waals surface area contributed by atoms with Crippen molar-refractivity contribution in [2.24, 2.45) is 0 Å². The van der Waals surface area contributed by atoms with Gasteiger partial charge in [0.1, 0.15) is 18.3 Å². The summed E-state index contributed by atoms with van der Waals surface area (Å²) in [7, 11) is -3.10. The van der Waals surface area contributed by atoms with Gasteiger partial charge in [-0.1, -0.05) is 49.2 Å². The molecule has 14 heteroatoms. The monoisotopic (exact) mass is 678 g/mol. The number of nitro groups is 1. The summed E-state index contributed by atoms with van der Waals surface area (Å²) in [6, 6.07) is 13.2. The van der Waals surface area contributed by atoms with Crippen molar-refractivity contribution in [1.82, 2.24) is 10.2 Å². The van der Waals surface area contributed by atoms with E-state index in [9.17, 15) is 28.1 Å². The summed E-state index contributed by atoms with van der Waals surface area (Å²) < 4.78 is 34.3. The van der Waals surface area contributed by atoms with Crippen LogP contribution in [-0.4, -0.2) is 55.8 Å². The fraction of sp³-hybridized carbons (Fsp3) is 0.355. The summed E-state index contributed by atoms with van der Waals surface area (Å²) in [5.74, 6) is -0.703. The summed E-state index contributed by atoms with van der Waals surface area (Å²) >= 11 is 12.9. The molecular formula is C31H36Cl2N4O7S. The molecule has 0 aliphatic carbocycles. The lowest BCUT2D eigenvalue weighted by Gasteiger charge is -2.34. The third-order valence-corrected chi connectivity index (χ3v) is 9.86. The Morgan fingerprint density at radius 2 is 1.64 bits per heavy atom. The van der Waals surface area contributed by atoms with Gasteiger partial charge in [0.2, 0.25) is 11.8 Å². The van der Waals surface area contributed by atoms with E-state index in [1.54, 1.807) is 25.1 Å². The molecule has 0 aliphatic heterocycles. The Hall–Kier alpha value is -3.87. The molecule has 2 amide bonds. The number of amides is 2. The highest BCUT2D eigenvalue weighted by Crippen LogP contribution is 2.31. The number of aryl methyl sites for hydroxylation is 1. The molecule has 1 N–H and O–H groups in total. The number of anilines is 1. The molecule has 0 aromatic heterocycles. The van der Waals surface area contributed by atoms with Gasteiger partial charge in [-0.2, -0.15) is 0 Å². The first-order valence-electron chi connectivity index (χ1n) is 14.2. The molecule has 0 heterocycles. The van der Waals surface area contributed by atoms with E-state index in [-0.39, 0.29) is 50.9 Å². The van der Waals surface area contributed by atoms with E-state index in [4.69, 9.17) is 27.9 Å². The number of carbonyl (C=O) groups is 2. The van der Waals surface area contributed by atoms with E-state index < -0.39 is 39.3 Å². The highest BCUT2D eigenvalue weighted by Gasteiger charge is 2.35. The van der Waals surface area contributed by atoms with E-state index in [1.807, 2.05) is 13.8 Å². The lowest BCUT2D eigenvalue weighted by molar-refractivity contribution is -0.385. The smallest absolute Gasteiger partial charge is 0.273 e. The normalized spacial score (nSPS) is 12.6. The summed E-state index contributed by atoms with van der Waals surface area (Å²) in [5, 5.41) is 15.1. The maximum atomic E-state index is 14.3. The maximum absolute atomic E-state index is 14.3. The Bertz CT molecular complexity index is 1630. The second-order valence-electron chi connectivity index (χ2n) is 10.4. The third-order valence-electron chi connectivity index (χ3n) is 7.38. The number of carbonyl (C=O) groups excluding carboxylic acids is 2. The van der Waals surface area contributed by atoms with E-state index in [2.05, 4.69) is 5.32 Å². The number of nitrogens with one attached hydrogen (secondary N) is 1. The maximum Gasteiger partial charge on any atom is 0.273 e. The van der Waals surface area contributed by atoms with Crippen LogP contribution in [0, 0.1) is 17.0 Å². The highest BCUT2D eigenvalue weighted by atomic mass is 35.5. The second-order valence-corrected chi connectivity index (χ2v) is 13.1. The molecule has 0 unspecified atom stereocenters. The molecule has 0 radical (unpaired) electrons. The lowest BCUT2D eigenvalue weighted by Crippen LogP contribution is -2.53. The van der Waals surface area contributed by atoms with Gasteiger partial charge in [0.15, 0.2) is 0 Å². The Balaban J connectivity index is 2.16. The van der Waals surface area contributed by atoms with Crippen LogP contribution >= 0.6 is 23.2 Å².